The Kier molecular flexibility index (Phi) is 4.66. The molecule has 0 atom stereocenters. The monoisotopic (exact) mass is 313 g/mol. The van der Waals surface area contributed by atoms with Gasteiger partial charge in [-0.25, -0.2) is 4.79 Å². The molecule has 0 aromatic heterocycles. The molecule has 119 valence electrons. The Morgan fingerprint density at radius 1 is 1.17 bits per heavy atom. The molecule has 1 heterocycles. The molecule has 5 heteroatoms. The molecule has 2 aromatic carbocycles. The van der Waals surface area contributed by atoms with Crippen molar-refractivity contribution >= 4 is 5.97 Å². The average molecular weight is 313 g/mol. The van der Waals surface area contributed by atoms with Gasteiger partial charge in [-0.05, 0) is 54.7 Å². The van der Waals surface area contributed by atoms with E-state index in [0.29, 0.717) is 5.75 Å². The van der Waals surface area contributed by atoms with Gasteiger partial charge in [0, 0.05) is 0 Å². The van der Waals surface area contributed by atoms with Gasteiger partial charge in [0.2, 0.25) is 6.79 Å². The SMILES string of the molecule is O=C(O)COc1cccc([CH]CCc2ccc3c(c2)OCO3)c1. The lowest BCUT2D eigenvalue weighted by atomic mass is 10.0. The number of carbonyl (C=O) groups is 1. The van der Waals surface area contributed by atoms with Crippen molar-refractivity contribution in [2.45, 2.75) is 12.8 Å². The van der Waals surface area contributed by atoms with Crippen LogP contribution in [-0.4, -0.2) is 24.5 Å². The van der Waals surface area contributed by atoms with Crippen LogP contribution in [0.3, 0.4) is 0 Å². The largest absolute Gasteiger partial charge is 0.482 e. The highest BCUT2D eigenvalue weighted by molar-refractivity contribution is 5.68. The van der Waals surface area contributed by atoms with E-state index < -0.39 is 5.97 Å². The van der Waals surface area contributed by atoms with Gasteiger partial charge in [-0.2, -0.15) is 0 Å². The first kappa shape index (κ1) is 15.2. The third-order valence-electron chi connectivity index (χ3n) is 3.47. The van der Waals surface area contributed by atoms with Crippen LogP contribution in [0.15, 0.2) is 42.5 Å². The summed E-state index contributed by atoms with van der Waals surface area (Å²) in [5.74, 6) is 1.17. The highest BCUT2D eigenvalue weighted by Gasteiger charge is 2.12. The molecule has 1 radical (unpaired) electrons. The number of carboxylic acid groups (broad SMARTS) is 1. The number of rotatable bonds is 7. The number of fused-ring (bicyclic) bond motifs is 1. The van der Waals surface area contributed by atoms with Crippen molar-refractivity contribution in [1.82, 2.24) is 0 Å². The lowest BCUT2D eigenvalue weighted by Crippen LogP contribution is -2.09. The minimum atomic E-state index is -0.984. The standard InChI is InChI=1S/C18H17O5/c19-18(20)11-21-15-6-2-5-13(9-15)3-1-4-14-7-8-16-17(10-14)23-12-22-16/h2-3,5-10H,1,4,11-12H2,(H,19,20). The molecule has 23 heavy (non-hydrogen) atoms. The Balaban J connectivity index is 1.52. The summed E-state index contributed by atoms with van der Waals surface area (Å²) >= 11 is 0. The van der Waals surface area contributed by atoms with Crippen LogP contribution in [0.1, 0.15) is 17.5 Å². The fraction of sp³-hybridized carbons (Fsp3) is 0.222. The highest BCUT2D eigenvalue weighted by atomic mass is 16.7. The van der Waals surface area contributed by atoms with E-state index in [0.717, 1.165) is 29.9 Å². The zero-order valence-electron chi connectivity index (χ0n) is 12.5. The zero-order valence-corrected chi connectivity index (χ0v) is 12.5. The Morgan fingerprint density at radius 2 is 2.04 bits per heavy atom. The van der Waals surface area contributed by atoms with Gasteiger partial charge in [0.25, 0.3) is 0 Å². The molecule has 2 aromatic rings. The minimum absolute atomic E-state index is 0.286. The number of carboxylic acids is 1. The van der Waals surface area contributed by atoms with Crippen LogP contribution < -0.4 is 14.2 Å². The van der Waals surface area contributed by atoms with Crippen molar-refractivity contribution in [1.29, 1.82) is 0 Å². The van der Waals surface area contributed by atoms with Crippen LogP contribution in [0.2, 0.25) is 0 Å². The molecule has 0 saturated carbocycles. The maximum Gasteiger partial charge on any atom is 0.341 e. The molecule has 0 bridgehead atoms. The Morgan fingerprint density at radius 3 is 2.91 bits per heavy atom. The first-order valence-corrected chi connectivity index (χ1v) is 7.37. The van der Waals surface area contributed by atoms with Gasteiger partial charge in [0.05, 0.1) is 0 Å². The second-order valence-electron chi connectivity index (χ2n) is 5.19. The van der Waals surface area contributed by atoms with E-state index in [1.165, 1.54) is 5.56 Å². The lowest BCUT2D eigenvalue weighted by molar-refractivity contribution is -0.139. The van der Waals surface area contributed by atoms with Gasteiger partial charge in [0.1, 0.15) is 5.75 Å². The third-order valence-corrected chi connectivity index (χ3v) is 3.47. The number of hydrogen-bond donors (Lipinski definition) is 1. The van der Waals surface area contributed by atoms with Crippen LogP contribution in [-0.2, 0) is 11.2 Å². The van der Waals surface area contributed by atoms with Crippen molar-refractivity contribution in [2.24, 2.45) is 0 Å². The number of benzene rings is 2. The van der Waals surface area contributed by atoms with Crippen LogP contribution >= 0.6 is 0 Å². The second kappa shape index (κ2) is 7.05. The molecule has 0 fully saturated rings. The van der Waals surface area contributed by atoms with Crippen molar-refractivity contribution < 1.29 is 24.1 Å². The maximum atomic E-state index is 10.5. The van der Waals surface area contributed by atoms with E-state index in [1.54, 1.807) is 6.07 Å². The Bertz CT molecular complexity index is 696. The Labute approximate surface area is 134 Å². The van der Waals surface area contributed by atoms with E-state index in [2.05, 4.69) is 6.42 Å². The summed E-state index contributed by atoms with van der Waals surface area (Å²) in [6.45, 7) is -0.0469. The molecular weight excluding hydrogens is 296 g/mol. The first-order valence-electron chi connectivity index (χ1n) is 7.37. The van der Waals surface area contributed by atoms with Crippen LogP contribution in [0.5, 0.6) is 17.2 Å². The quantitative estimate of drug-likeness (QED) is 0.851. The van der Waals surface area contributed by atoms with E-state index in [-0.39, 0.29) is 13.4 Å². The number of hydrogen-bond acceptors (Lipinski definition) is 4. The van der Waals surface area contributed by atoms with E-state index in [1.807, 2.05) is 36.4 Å². The molecule has 0 unspecified atom stereocenters. The van der Waals surface area contributed by atoms with Gasteiger partial charge in [-0.1, -0.05) is 18.2 Å². The molecule has 3 rings (SSSR count). The fourth-order valence-corrected chi connectivity index (χ4v) is 2.38. The van der Waals surface area contributed by atoms with Gasteiger partial charge < -0.3 is 19.3 Å². The molecule has 1 aliphatic heterocycles. The summed E-state index contributed by atoms with van der Waals surface area (Å²) in [6, 6.07) is 13.4. The third kappa shape index (κ3) is 4.16. The van der Waals surface area contributed by atoms with Crippen LogP contribution in [0.25, 0.3) is 0 Å². The Hall–Kier alpha value is -2.69. The molecule has 5 nitrogen and oxygen atoms in total. The number of aryl methyl sites for hydroxylation is 1. The van der Waals surface area contributed by atoms with Crippen molar-refractivity contribution in [3.63, 3.8) is 0 Å². The lowest BCUT2D eigenvalue weighted by Gasteiger charge is -2.06. The zero-order chi connectivity index (χ0) is 16.1. The molecule has 0 aliphatic carbocycles. The van der Waals surface area contributed by atoms with Crippen molar-refractivity contribution in [3.05, 3.63) is 60.0 Å². The molecule has 0 saturated heterocycles. The van der Waals surface area contributed by atoms with Crippen molar-refractivity contribution in [2.75, 3.05) is 13.4 Å². The maximum absolute atomic E-state index is 10.5. The van der Waals surface area contributed by atoms with Crippen LogP contribution in [0.4, 0.5) is 0 Å². The molecule has 0 amide bonds. The molecule has 1 aliphatic rings. The number of aliphatic carboxylic acids is 1. The fourth-order valence-electron chi connectivity index (χ4n) is 2.38. The van der Waals surface area contributed by atoms with E-state index in [9.17, 15) is 4.79 Å². The topological polar surface area (TPSA) is 65.0 Å². The minimum Gasteiger partial charge on any atom is -0.482 e. The first-order chi connectivity index (χ1) is 11.2. The molecule has 1 N–H and O–H groups in total. The summed E-state index contributed by atoms with van der Waals surface area (Å²) in [7, 11) is 0. The number of ether oxygens (including phenoxy) is 3. The predicted molar refractivity (Wildman–Crippen MR) is 83.9 cm³/mol. The van der Waals surface area contributed by atoms with Gasteiger partial charge in [0.15, 0.2) is 18.1 Å². The van der Waals surface area contributed by atoms with Crippen LogP contribution in [0, 0.1) is 6.42 Å². The molecular formula is C18H17O5. The van der Waals surface area contributed by atoms with Gasteiger partial charge in [-0.3, -0.25) is 0 Å². The summed E-state index contributed by atoms with van der Waals surface area (Å²) < 4.78 is 15.8. The summed E-state index contributed by atoms with van der Waals surface area (Å²) in [6.07, 6.45) is 3.84. The molecule has 0 spiro atoms. The second-order valence-corrected chi connectivity index (χ2v) is 5.19. The van der Waals surface area contributed by atoms with Gasteiger partial charge in [-0.15, -0.1) is 0 Å². The average Bonchev–Trinajstić information content (AvgIpc) is 3.01. The highest BCUT2D eigenvalue weighted by Crippen LogP contribution is 2.32. The smallest absolute Gasteiger partial charge is 0.341 e. The predicted octanol–water partition coefficient (Wildman–Crippen LogP) is 3.06. The van der Waals surface area contributed by atoms with E-state index in [4.69, 9.17) is 19.3 Å². The van der Waals surface area contributed by atoms with E-state index >= 15 is 0 Å². The summed E-state index contributed by atoms with van der Waals surface area (Å²) in [4.78, 5) is 10.5. The van der Waals surface area contributed by atoms with Crippen molar-refractivity contribution in [3.8, 4) is 17.2 Å². The normalized spacial score (nSPS) is 12.2. The summed E-state index contributed by atoms with van der Waals surface area (Å²) in [5.41, 5.74) is 2.19. The summed E-state index contributed by atoms with van der Waals surface area (Å²) in [5, 5.41) is 8.63. The van der Waals surface area contributed by atoms with Gasteiger partial charge >= 0.3 is 5.97 Å².